The molecular formula is C22H20F3N5O. The van der Waals surface area contributed by atoms with Crippen molar-refractivity contribution in [3.05, 3.63) is 71.4 Å². The monoisotopic (exact) mass is 430 g/mol. The number of nitrogens with two attached hydrogens (primary N) is 1. The lowest BCUT2D eigenvalue weighted by molar-refractivity contribution is -0.137. The van der Waals surface area contributed by atoms with Crippen molar-refractivity contribution in [1.82, 2.24) is 9.97 Å². The van der Waals surface area contributed by atoms with E-state index in [-0.39, 0.29) is 29.6 Å². The van der Waals surface area contributed by atoms with Gasteiger partial charge in [-0.2, -0.15) is 13.2 Å². The van der Waals surface area contributed by atoms with Gasteiger partial charge >= 0.3 is 6.18 Å². The summed E-state index contributed by atoms with van der Waals surface area (Å²) in [5, 5.41) is 0. The highest BCUT2D eigenvalue weighted by Gasteiger charge is 2.39. The fraction of sp³-hybridized carbons (Fsp3) is 0.227. The van der Waals surface area contributed by atoms with E-state index in [2.05, 4.69) is 9.97 Å². The Morgan fingerprint density at radius 2 is 1.97 bits per heavy atom. The SMILES string of the molecule is [2H]C([2H])([2H])N(C(=O)C1Cc2ccccc2N1c1cc(C(F)(F)F)cc(C)n1)c1cccc(N)n1. The molecule has 1 unspecified atom stereocenters. The molecule has 0 radical (unpaired) electrons. The Balaban J connectivity index is 1.85. The molecule has 160 valence electrons. The third-order valence-electron chi connectivity index (χ3n) is 4.98. The van der Waals surface area contributed by atoms with Crippen LogP contribution in [0.4, 0.5) is 36.3 Å². The van der Waals surface area contributed by atoms with Crippen LogP contribution in [0.1, 0.15) is 20.9 Å². The first-order valence-electron chi connectivity index (χ1n) is 10.9. The predicted octanol–water partition coefficient (Wildman–Crippen LogP) is 4.11. The lowest BCUT2D eigenvalue weighted by Crippen LogP contribution is -2.45. The van der Waals surface area contributed by atoms with E-state index in [1.807, 2.05) is 0 Å². The minimum Gasteiger partial charge on any atom is -0.384 e. The molecule has 1 aromatic carbocycles. The number of rotatable bonds is 3. The largest absolute Gasteiger partial charge is 0.416 e. The zero-order chi connectivity index (χ0) is 24.8. The van der Waals surface area contributed by atoms with Crippen molar-refractivity contribution in [3.63, 3.8) is 0 Å². The van der Waals surface area contributed by atoms with Crippen LogP contribution < -0.4 is 15.5 Å². The number of likely N-dealkylation sites (N-methyl/N-ethyl adjacent to an activating group) is 1. The number of aryl methyl sites for hydroxylation is 1. The molecule has 1 amide bonds. The maximum absolute atomic E-state index is 13.7. The lowest BCUT2D eigenvalue weighted by atomic mass is 10.1. The number of amides is 1. The molecule has 1 atom stereocenters. The van der Waals surface area contributed by atoms with Crippen LogP contribution in [-0.2, 0) is 17.4 Å². The average Bonchev–Trinajstić information content (AvgIpc) is 3.11. The van der Waals surface area contributed by atoms with Crippen LogP contribution in [0.3, 0.4) is 0 Å². The van der Waals surface area contributed by atoms with Crippen molar-refractivity contribution in [1.29, 1.82) is 0 Å². The summed E-state index contributed by atoms with van der Waals surface area (Å²) in [7, 11) is 0. The Labute approximate surface area is 181 Å². The van der Waals surface area contributed by atoms with Crippen molar-refractivity contribution < 1.29 is 22.1 Å². The Kier molecular flexibility index (Phi) is 4.18. The lowest BCUT2D eigenvalue weighted by Gasteiger charge is -2.29. The second-order valence-corrected chi connectivity index (χ2v) is 7.17. The van der Waals surface area contributed by atoms with E-state index in [0.29, 0.717) is 16.2 Å². The van der Waals surface area contributed by atoms with E-state index in [9.17, 15) is 18.0 Å². The summed E-state index contributed by atoms with van der Waals surface area (Å²) in [6.07, 6.45) is -4.56. The molecule has 3 heterocycles. The highest BCUT2D eigenvalue weighted by molar-refractivity contribution is 6.01. The van der Waals surface area contributed by atoms with Gasteiger partial charge in [-0.3, -0.25) is 9.69 Å². The fourth-order valence-electron chi connectivity index (χ4n) is 3.63. The summed E-state index contributed by atoms with van der Waals surface area (Å²) in [4.78, 5) is 23.8. The summed E-state index contributed by atoms with van der Waals surface area (Å²) in [5.41, 5.74) is 6.02. The normalized spacial score (nSPS) is 17.5. The summed E-state index contributed by atoms with van der Waals surface area (Å²) in [5.74, 6) is -1.15. The third kappa shape index (κ3) is 3.90. The van der Waals surface area contributed by atoms with E-state index in [0.717, 1.165) is 12.1 Å². The molecule has 31 heavy (non-hydrogen) atoms. The Bertz CT molecular complexity index is 1250. The number of para-hydroxylation sites is 1. The van der Waals surface area contributed by atoms with E-state index in [4.69, 9.17) is 9.85 Å². The quantitative estimate of drug-likeness (QED) is 0.677. The van der Waals surface area contributed by atoms with Crippen molar-refractivity contribution in [2.75, 3.05) is 22.5 Å². The number of benzene rings is 1. The van der Waals surface area contributed by atoms with Crippen LogP contribution in [0.2, 0.25) is 0 Å². The van der Waals surface area contributed by atoms with Gasteiger partial charge in [0, 0.05) is 28.9 Å². The van der Waals surface area contributed by atoms with Gasteiger partial charge in [0.2, 0.25) is 0 Å². The van der Waals surface area contributed by atoms with Crippen molar-refractivity contribution in [2.24, 2.45) is 0 Å². The first-order valence-corrected chi connectivity index (χ1v) is 9.36. The predicted molar refractivity (Wildman–Crippen MR) is 112 cm³/mol. The van der Waals surface area contributed by atoms with Crippen molar-refractivity contribution in [2.45, 2.75) is 25.6 Å². The minimum absolute atomic E-state index is 0.0151. The maximum Gasteiger partial charge on any atom is 0.416 e. The van der Waals surface area contributed by atoms with Crippen LogP contribution in [-0.4, -0.2) is 28.9 Å². The van der Waals surface area contributed by atoms with Crippen molar-refractivity contribution in [3.8, 4) is 0 Å². The highest BCUT2D eigenvalue weighted by atomic mass is 19.4. The van der Waals surface area contributed by atoms with E-state index in [1.165, 1.54) is 30.0 Å². The van der Waals surface area contributed by atoms with Gasteiger partial charge < -0.3 is 10.6 Å². The second kappa shape index (κ2) is 7.57. The van der Waals surface area contributed by atoms with E-state index in [1.54, 1.807) is 24.3 Å². The number of pyridine rings is 2. The van der Waals surface area contributed by atoms with E-state index >= 15 is 0 Å². The highest BCUT2D eigenvalue weighted by Crippen LogP contribution is 2.40. The standard InChI is InChI=1S/C22H20F3N5O/c1-13-10-15(22(23,24)25)12-20(27-13)30-16-7-4-3-6-14(16)11-17(30)21(31)29(2)19-9-5-8-18(26)28-19/h3-10,12,17H,11H2,1-2H3,(H2,26,28)/i2D3. The number of aromatic nitrogens is 2. The van der Waals surface area contributed by atoms with E-state index < -0.39 is 30.7 Å². The Morgan fingerprint density at radius 3 is 2.68 bits per heavy atom. The molecule has 4 rings (SSSR count). The zero-order valence-corrected chi connectivity index (χ0v) is 16.4. The topological polar surface area (TPSA) is 75.4 Å². The summed E-state index contributed by atoms with van der Waals surface area (Å²) >= 11 is 0. The number of halogens is 3. The molecule has 0 fully saturated rings. The molecule has 2 aromatic heterocycles. The molecule has 3 aromatic rings. The molecular weight excluding hydrogens is 407 g/mol. The number of fused-ring (bicyclic) bond motifs is 1. The van der Waals surface area contributed by atoms with Crippen LogP contribution in [0.5, 0.6) is 0 Å². The van der Waals surface area contributed by atoms with Gasteiger partial charge in [-0.15, -0.1) is 0 Å². The molecule has 1 aliphatic rings. The van der Waals surface area contributed by atoms with Gasteiger partial charge in [0.05, 0.1) is 5.56 Å². The third-order valence-corrected chi connectivity index (χ3v) is 4.98. The van der Waals surface area contributed by atoms with Gasteiger partial charge in [-0.1, -0.05) is 24.3 Å². The molecule has 0 spiro atoms. The zero-order valence-electron chi connectivity index (χ0n) is 19.4. The van der Waals surface area contributed by atoms with Gasteiger partial charge in [-0.05, 0) is 42.8 Å². The Morgan fingerprint density at radius 1 is 1.19 bits per heavy atom. The first-order chi connectivity index (χ1) is 15.9. The minimum atomic E-state index is -4.63. The maximum atomic E-state index is 13.7. The first kappa shape index (κ1) is 17.1. The summed E-state index contributed by atoms with van der Waals surface area (Å²) < 4.78 is 64.4. The second-order valence-electron chi connectivity index (χ2n) is 7.17. The van der Waals surface area contributed by atoms with Gasteiger partial charge in [-0.25, -0.2) is 9.97 Å². The number of hydrogen-bond acceptors (Lipinski definition) is 5. The van der Waals surface area contributed by atoms with Gasteiger partial charge in [0.15, 0.2) is 0 Å². The smallest absolute Gasteiger partial charge is 0.384 e. The molecule has 0 aliphatic carbocycles. The number of carbonyl (C=O) groups excluding carboxylic acids is 1. The molecule has 9 heteroatoms. The summed E-state index contributed by atoms with van der Waals surface area (Å²) in [6, 6.07) is 11.6. The number of nitrogen functional groups attached to an aromatic ring is 1. The molecule has 2 N–H and O–H groups in total. The molecule has 0 saturated carbocycles. The number of hydrogen-bond donors (Lipinski definition) is 1. The van der Waals surface area contributed by atoms with Crippen LogP contribution in [0.25, 0.3) is 0 Å². The Hall–Kier alpha value is -3.62. The number of anilines is 4. The molecule has 1 aliphatic heterocycles. The molecule has 0 saturated heterocycles. The van der Waals surface area contributed by atoms with Crippen LogP contribution >= 0.6 is 0 Å². The number of alkyl halides is 3. The van der Waals surface area contributed by atoms with Crippen molar-refractivity contribution >= 4 is 29.0 Å². The van der Waals surface area contributed by atoms with Gasteiger partial charge in [0.1, 0.15) is 23.5 Å². The average molecular weight is 430 g/mol. The van der Waals surface area contributed by atoms with Gasteiger partial charge in [0.25, 0.3) is 5.91 Å². The van der Waals surface area contributed by atoms with Crippen LogP contribution in [0.15, 0.2) is 54.6 Å². The number of nitrogens with zero attached hydrogens (tertiary/aromatic N) is 4. The molecule has 6 nitrogen and oxygen atoms in total. The summed E-state index contributed by atoms with van der Waals surface area (Å²) in [6.45, 7) is -1.50. The fourth-order valence-corrected chi connectivity index (χ4v) is 3.63. The number of carbonyl (C=O) groups is 1. The molecule has 0 bridgehead atoms. The van der Waals surface area contributed by atoms with Crippen LogP contribution in [0, 0.1) is 6.92 Å².